The summed E-state index contributed by atoms with van der Waals surface area (Å²) < 4.78 is 3.86. The van der Waals surface area contributed by atoms with Crippen molar-refractivity contribution in [3.63, 3.8) is 0 Å². The molecule has 5 nitrogen and oxygen atoms in total. The number of aromatic nitrogens is 3. The lowest BCUT2D eigenvalue weighted by Crippen LogP contribution is -2.41. The Balaban J connectivity index is 1.87. The molecule has 3 aromatic rings. The van der Waals surface area contributed by atoms with E-state index in [-0.39, 0.29) is 0 Å². The first-order valence-corrected chi connectivity index (χ1v) is 6.09. The summed E-state index contributed by atoms with van der Waals surface area (Å²) >= 11 is 0. The molecule has 0 radical (unpaired) electrons. The second-order valence-electron chi connectivity index (χ2n) is 4.48. The molecule has 2 N–H and O–H groups in total. The Morgan fingerprint density at radius 2 is 2.11 bits per heavy atom. The Kier molecular flexibility index (Phi) is 2.04. The molecule has 94 valence electrons. The van der Waals surface area contributed by atoms with Crippen LogP contribution in [0.2, 0.25) is 0 Å². The zero-order valence-corrected chi connectivity index (χ0v) is 10.1. The molecule has 4 heterocycles. The number of fused-ring (bicyclic) bond motifs is 2. The lowest BCUT2D eigenvalue weighted by molar-refractivity contribution is -0.634. The fraction of sp³-hybridized carbons (Fsp3) is 0.0714. The van der Waals surface area contributed by atoms with Gasteiger partial charge in [0.1, 0.15) is 11.7 Å². The highest BCUT2D eigenvalue weighted by Crippen LogP contribution is 2.22. The van der Waals surface area contributed by atoms with Crippen LogP contribution in [-0.4, -0.2) is 16.3 Å². The summed E-state index contributed by atoms with van der Waals surface area (Å²) in [6, 6.07) is 12.4. The minimum atomic E-state index is -0.743. The quantitative estimate of drug-likeness (QED) is 0.473. The van der Waals surface area contributed by atoms with Crippen LogP contribution in [0.5, 0.6) is 0 Å². The molecule has 1 atom stereocenters. The molecule has 0 bridgehead atoms. The van der Waals surface area contributed by atoms with E-state index < -0.39 is 6.23 Å². The van der Waals surface area contributed by atoms with Crippen LogP contribution in [0, 0.1) is 6.04 Å². The van der Waals surface area contributed by atoms with Crippen molar-refractivity contribution < 1.29 is 14.1 Å². The number of anilines is 1. The standard InChI is InChI=1S/C14H12N4O/c19-14-13(18-8-4-2-6-12(18)16-14)10-9-17-7-3-1-5-11(17)15-10/h1-9,14,16,19H. The fourth-order valence-electron chi connectivity index (χ4n) is 2.43. The van der Waals surface area contributed by atoms with Gasteiger partial charge in [0, 0.05) is 18.6 Å². The van der Waals surface area contributed by atoms with Crippen LogP contribution in [0.25, 0.3) is 5.65 Å². The second-order valence-corrected chi connectivity index (χ2v) is 4.48. The van der Waals surface area contributed by atoms with E-state index in [9.17, 15) is 5.11 Å². The van der Waals surface area contributed by atoms with Crippen LogP contribution in [0.1, 0.15) is 5.69 Å². The van der Waals surface area contributed by atoms with Crippen molar-refractivity contribution in [2.45, 2.75) is 6.23 Å². The van der Waals surface area contributed by atoms with Crippen molar-refractivity contribution >= 4 is 11.5 Å². The first-order chi connectivity index (χ1) is 9.33. The Hall–Kier alpha value is -2.53. The van der Waals surface area contributed by atoms with Crippen LogP contribution in [0.3, 0.4) is 0 Å². The van der Waals surface area contributed by atoms with Gasteiger partial charge in [0.05, 0.1) is 0 Å². The predicted octanol–water partition coefficient (Wildman–Crippen LogP) is -0.00101. The fourth-order valence-corrected chi connectivity index (χ4v) is 2.43. The molecule has 19 heavy (non-hydrogen) atoms. The highest BCUT2D eigenvalue weighted by atomic mass is 16.3. The van der Waals surface area contributed by atoms with E-state index in [2.05, 4.69) is 10.3 Å². The SMILES string of the molecule is OC1Nc2cccc[n+]2[C-]1c1c[n+]2cccc[c-]2n1. The average molecular weight is 252 g/mol. The third kappa shape index (κ3) is 1.49. The van der Waals surface area contributed by atoms with Crippen molar-refractivity contribution in [2.75, 3.05) is 5.32 Å². The van der Waals surface area contributed by atoms with Crippen molar-refractivity contribution in [3.05, 3.63) is 66.7 Å². The summed E-state index contributed by atoms with van der Waals surface area (Å²) in [5, 5.41) is 13.2. The van der Waals surface area contributed by atoms with Crippen LogP contribution < -0.4 is 14.3 Å². The molecule has 4 rings (SSSR count). The number of hydrogen-bond acceptors (Lipinski definition) is 3. The molecular weight excluding hydrogens is 240 g/mol. The molecule has 0 fully saturated rings. The average Bonchev–Trinajstić information content (AvgIpc) is 2.97. The molecule has 0 amide bonds. The molecule has 0 spiro atoms. The van der Waals surface area contributed by atoms with Gasteiger partial charge in [-0.15, -0.1) is 11.1 Å². The van der Waals surface area contributed by atoms with Crippen molar-refractivity contribution in [3.8, 4) is 0 Å². The minimum absolute atomic E-state index is 0.743. The summed E-state index contributed by atoms with van der Waals surface area (Å²) in [5.74, 6) is 0.863. The van der Waals surface area contributed by atoms with Crippen LogP contribution in [-0.2, 0) is 0 Å². The normalized spacial score (nSPS) is 17.5. The summed E-state index contributed by atoms with van der Waals surface area (Å²) in [4.78, 5) is 4.55. The number of nitrogens with zero attached hydrogens (tertiary/aromatic N) is 3. The predicted molar refractivity (Wildman–Crippen MR) is 67.0 cm³/mol. The summed E-state index contributed by atoms with van der Waals surface area (Å²) in [7, 11) is 0. The number of pyridine rings is 2. The zero-order chi connectivity index (χ0) is 12.8. The number of aliphatic hydroxyl groups excluding tert-OH is 1. The maximum Gasteiger partial charge on any atom is 0.247 e. The summed E-state index contributed by atoms with van der Waals surface area (Å²) in [5.41, 5.74) is 1.63. The van der Waals surface area contributed by atoms with Gasteiger partial charge in [0.15, 0.2) is 0 Å². The summed E-state index contributed by atoms with van der Waals surface area (Å²) in [6.07, 6.45) is 5.03. The minimum Gasteiger partial charge on any atom is -0.357 e. The van der Waals surface area contributed by atoms with Crippen LogP contribution in [0.15, 0.2) is 55.0 Å². The van der Waals surface area contributed by atoms with Gasteiger partial charge >= 0.3 is 0 Å². The maximum atomic E-state index is 10.2. The van der Waals surface area contributed by atoms with Crippen molar-refractivity contribution in [1.82, 2.24) is 4.98 Å². The first-order valence-electron chi connectivity index (χ1n) is 6.09. The van der Waals surface area contributed by atoms with Gasteiger partial charge in [0.2, 0.25) is 17.7 Å². The van der Waals surface area contributed by atoms with Gasteiger partial charge in [-0.25, -0.2) is 0 Å². The summed E-state index contributed by atoms with van der Waals surface area (Å²) in [6.45, 7) is 0. The van der Waals surface area contributed by atoms with Gasteiger partial charge in [-0.3, -0.25) is 5.32 Å². The molecule has 1 aliphatic heterocycles. The largest absolute Gasteiger partial charge is 0.357 e. The topological polar surface area (TPSA) is 53.1 Å². The van der Waals surface area contributed by atoms with Gasteiger partial charge in [-0.2, -0.15) is 0 Å². The zero-order valence-electron chi connectivity index (χ0n) is 10.1. The molecule has 0 saturated heterocycles. The van der Waals surface area contributed by atoms with E-state index in [1.165, 1.54) is 0 Å². The van der Waals surface area contributed by atoms with Crippen LogP contribution >= 0.6 is 0 Å². The van der Waals surface area contributed by atoms with E-state index >= 15 is 0 Å². The lowest BCUT2D eigenvalue weighted by atomic mass is 10.2. The van der Waals surface area contributed by atoms with Crippen LogP contribution in [0.4, 0.5) is 5.82 Å². The third-order valence-corrected chi connectivity index (χ3v) is 3.29. The monoisotopic (exact) mass is 252 g/mol. The van der Waals surface area contributed by atoms with Crippen molar-refractivity contribution in [2.24, 2.45) is 0 Å². The van der Waals surface area contributed by atoms with E-state index in [4.69, 9.17) is 0 Å². The van der Waals surface area contributed by atoms with E-state index in [0.29, 0.717) is 0 Å². The van der Waals surface area contributed by atoms with E-state index in [1.54, 1.807) is 0 Å². The molecule has 5 heteroatoms. The lowest BCUT2D eigenvalue weighted by Gasteiger charge is -2.12. The molecule has 0 aromatic carbocycles. The molecule has 3 aromatic heterocycles. The Labute approximate surface area is 109 Å². The molecule has 0 saturated carbocycles. The number of nitrogens with one attached hydrogen (secondary N) is 1. The molecule has 0 aliphatic carbocycles. The van der Waals surface area contributed by atoms with Gasteiger partial charge in [-0.1, -0.05) is 18.2 Å². The number of aliphatic hydroxyl groups is 1. The number of hydrogen-bond donors (Lipinski definition) is 2. The van der Waals surface area contributed by atoms with E-state index in [1.807, 2.05) is 64.0 Å². The maximum absolute atomic E-state index is 10.2. The van der Waals surface area contributed by atoms with Gasteiger partial charge in [0.25, 0.3) is 0 Å². The Morgan fingerprint density at radius 1 is 1.21 bits per heavy atom. The second kappa shape index (κ2) is 3.73. The van der Waals surface area contributed by atoms with E-state index in [0.717, 1.165) is 23.2 Å². The van der Waals surface area contributed by atoms with Gasteiger partial charge in [-0.05, 0) is 12.1 Å². The highest BCUT2D eigenvalue weighted by molar-refractivity contribution is 5.41. The molecule has 1 aliphatic rings. The highest BCUT2D eigenvalue weighted by Gasteiger charge is 2.35. The van der Waals surface area contributed by atoms with Gasteiger partial charge < -0.3 is 14.1 Å². The molecule has 1 unspecified atom stereocenters. The molecular formula is C14H12N4O. The first kappa shape index (κ1) is 10.4. The van der Waals surface area contributed by atoms with Crippen molar-refractivity contribution in [1.29, 1.82) is 0 Å². The Morgan fingerprint density at radius 3 is 3.00 bits per heavy atom. The number of imidazole rings is 1. The smallest absolute Gasteiger partial charge is 0.247 e. The Bertz CT molecular complexity index is 719. The number of rotatable bonds is 1. The third-order valence-electron chi connectivity index (χ3n) is 3.29.